The van der Waals surface area contributed by atoms with Crippen LogP contribution in [0.15, 0.2) is 36.4 Å². The molecule has 0 N–H and O–H groups in total. The molecular weight excluding hydrogens is 554 g/mol. The van der Waals surface area contributed by atoms with Crippen LogP contribution in [0.5, 0.6) is 6.01 Å². The molecule has 1 aromatic heterocycles. The maximum Gasteiger partial charge on any atom is 0.410 e. The van der Waals surface area contributed by atoms with Crippen LogP contribution in [0.4, 0.5) is 10.6 Å². The summed E-state index contributed by atoms with van der Waals surface area (Å²) in [5.41, 5.74) is 2.45. The molecule has 6 rings (SSSR count). The number of piperazine rings is 1. The highest BCUT2D eigenvalue weighted by molar-refractivity contribution is 6.35. The van der Waals surface area contributed by atoms with Crippen LogP contribution in [0.25, 0.3) is 10.8 Å². The van der Waals surface area contributed by atoms with E-state index in [9.17, 15) is 4.79 Å². The predicted octanol–water partition coefficient (Wildman–Crippen LogP) is 5.63. The number of nitrogens with zero attached hydrogens (tertiary/aromatic N) is 5. The molecular formula is C32H40ClN5O4. The quantitative estimate of drug-likeness (QED) is 0.377. The maximum atomic E-state index is 12.7. The number of halogens is 1. The van der Waals surface area contributed by atoms with E-state index in [1.54, 1.807) is 4.90 Å². The zero-order valence-corrected chi connectivity index (χ0v) is 25.7. The minimum absolute atomic E-state index is 0.193. The molecule has 2 atom stereocenters. The number of likely N-dealkylation sites (tertiary alicyclic amines) is 1. The fraction of sp³-hybridized carbons (Fsp3) is 0.531. The second-order valence-electron chi connectivity index (χ2n) is 12.5. The molecule has 0 radical (unpaired) electrons. The number of amides is 1. The van der Waals surface area contributed by atoms with Gasteiger partial charge in [-0.3, -0.25) is 0 Å². The summed E-state index contributed by atoms with van der Waals surface area (Å²) in [7, 11) is 2.14. The molecule has 0 saturated carbocycles. The van der Waals surface area contributed by atoms with Gasteiger partial charge in [-0.25, -0.2) is 4.79 Å². The summed E-state index contributed by atoms with van der Waals surface area (Å²) in [4.78, 5) is 28.9. The van der Waals surface area contributed by atoms with E-state index in [1.165, 1.54) is 6.42 Å². The SMILES string of the molecule is CN1CCC[C@H]1COc1nc2c(c(N3CCN(C(=O)OC(C)(C)C)CC3)n1)COC(c1cccc3cccc(Cl)c13)C2. The second kappa shape index (κ2) is 11.9. The molecule has 10 heteroatoms. The van der Waals surface area contributed by atoms with Crippen LogP contribution in [0.1, 0.15) is 56.5 Å². The lowest BCUT2D eigenvalue weighted by Crippen LogP contribution is -2.50. The minimum Gasteiger partial charge on any atom is -0.462 e. The average Bonchev–Trinajstić information content (AvgIpc) is 3.38. The summed E-state index contributed by atoms with van der Waals surface area (Å²) >= 11 is 6.67. The minimum atomic E-state index is -0.526. The molecule has 2 fully saturated rings. The van der Waals surface area contributed by atoms with Gasteiger partial charge in [0.05, 0.1) is 18.4 Å². The van der Waals surface area contributed by atoms with Gasteiger partial charge < -0.3 is 28.9 Å². The van der Waals surface area contributed by atoms with Crippen LogP contribution >= 0.6 is 11.6 Å². The van der Waals surface area contributed by atoms with Gasteiger partial charge in [-0.2, -0.15) is 9.97 Å². The monoisotopic (exact) mass is 593 g/mol. The summed E-state index contributed by atoms with van der Waals surface area (Å²) in [6, 6.07) is 12.9. The van der Waals surface area contributed by atoms with Gasteiger partial charge in [0, 0.05) is 54.6 Å². The molecule has 2 aromatic carbocycles. The first-order valence-electron chi connectivity index (χ1n) is 14.9. The van der Waals surface area contributed by atoms with E-state index < -0.39 is 5.60 Å². The average molecular weight is 594 g/mol. The van der Waals surface area contributed by atoms with Gasteiger partial charge in [-0.15, -0.1) is 0 Å². The first-order chi connectivity index (χ1) is 20.2. The van der Waals surface area contributed by atoms with Crippen molar-refractivity contribution in [3.05, 3.63) is 58.2 Å². The molecule has 0 bridgehead atoms. The van der Waals surface area contributed by atoms with Crippen LogP contribution in [-0.4, -0.2) is 83.9 Å². The molecule has 224 valence electrons. The smallest absolute Gasteiger partial charge is 0.410 e. The Labute approximate surface area is 252 Å². The first kappa shape index (κ1) is 29.0. The lowest BCUT2D eigenvalue weighted by Gasteiger charge is -2.38. The highest BCUT2D eigenvalue weighted by atomic mass is 35.5. The van der Waals surface area contributed by atoms with Crippen molar-refractivity contribution in [3.63, 3.8) is 0 Å². The van der Waals surface area contributed by atoms with Gasteiger partial charge in [0.1, 0.15) is 18.0 Å². The highest BCUT2D eigenvalue weighted by Crippen LogP contribution is 2.39. The number of benzene rings is 2. The van der Waals surface area contributed by atoms with Crippen LogP contribution in [0.2, 0.25) is 5.02 Å². The Morgan fingerprint density at radius 3 is 2.55 bits per heavy atom. The molecule has 9 nitrogen and oxygen atoms in total. The molecule has 3 aliphatic heterocycles. The van der Waals surface area contributed by atoms with Crippen LogP contribution in [-0.2, 0) is 22.5 Å². The molecule has 2 saturated heterocycles. The van der Waals surface area contributed by atoms with Crippen molar-refractivity contribution in [1.29, 1.82) is 0 Å². The summed E-state index contributed by atoms with van der Waals surface area (Å²) in [6.07, 6.45) is 2.40. The maximum absolute atomic E-state index is 12.7. The fourth-order valence-corrected chi connectivity index (χ4v) is 6.43. The summed E-state index contributed by atoms with van der Waals surface area (Å²) in [6.45, 7) is 10.1. The first-order valence-corrected chi connectivity index (χ1v) is 15.3. The van der Waals surface area contributed by atoms with Gasteiger partial charge in [-0.1, -0.05) is 41.9 Å². The Hall–Kier alpha value is -3.14. The van der Waals surface area contributed by atoms with Crippen molar-refractivity contribution in [2.24, 2.45) is 0 Å². The molecule has 1 amide bonds. The molecule has 1 unspecified atom stereocenters. The Bertz CT molecular complexity index is 1450. The van der Waals surface area contributed by atoms with E-state index in [0.29, 0.717) is 62.9 Å². The number of carbonyl (C=O) groups is 1. The molecule has 42 heavy (non-hydrogen) atoms. The van der Waals surface area contributed by atoms with Crippen LogP contribution < -0.4 is 9.64 Å². The topological polar surface area (TPSA) is 80.3 Å². The Kier molecular flexibility index (Phi) is 8.18. The summed E-state index contributed by atoms with van der Waals surface area (Å²) in [5.74, 6) is 0.827. The lowest BCUT2D eigenvalue weighted by atomic mass is 9.94. The van der Waals surface area contributed by atoms with Crippen LogP contribution in [0, 0.1) is 0 Å². The van der Waals surface area contributed by atoms with Crippen molar-refractivity contribution in [2.75, 3.05) is 51.3 Å². The Morgan fingerprint density at radius 2 is 1.83 bits per heavy atom. The van der Waals surface area contributed by atoms with E-state index in [2.05, 4.69) is 41.1 Å². The molecule has 0 aliphatic carbocycles. The molecule has 3 aliphatic rings. The third-order valence-corrected chi connectivity index (χ3v) is 8.71. The predicted molar refractivity (Wildman–Crippen MR) is 163 cm³/mol. The third-order valence-electron chi connectivity index (χ3n) is 8.40. The fourth-order valence-electron chi connectivity index (χ4n) is 6.14. The number of fused-ring (bicyclic) bond motifs is 2. The summed E-state index contributed by atoms with van der Waals surface area (Å²) in [5, 5.41) is 2.82. The van der Waals surface area contributed by atoms with Crippen LogP contribution in [0.3, 0.4) is 0 Å². The Morgan fingerprint density at radius 1 is 1.07 bits per heavy atom. The number of ether oxygens (including phenoxy) is 3. The number of aromatic nitrogens is 2. The lowest BCUT2D eigenvalue weighted by molar-refractivity contribution is 0.0230. The standard InChI is InChI=1S/C32H40ClN5O4/c1-32(2,3)42-31(39)38-16-14-37(15-17-38)29-24-20-40-27(23-11-5-8-21-9-6-12-25(33)28(21)23)18-26(24)34-30(35-29)41-19-22-10-7-13-36(22)4/h5-6,8-9,11-12,22,27H,7,10,13-20H2,1-4H3/t22-,27?/m0/s1. The van der Waals surface area contributed by atoms with Gasteiger partial charge in [0.15, 0.2) is 0 Å². The summed E-state index contributed by atoms with van der Waals surface area (Å²) < 4.78 is 18.4. The third kappa shape index (κ3) is 6.14. The van der Waals surface area contributed by atoms with E-state index in [4.69, 9.17) is 35.8 Å². The van der Waals surface area contributed by atoms with E-state index >= 15 is 0 Å². The van der Waals surface area contributed by atoms with Crippen molar-refractivity contribution < 1.29 is 19.0 Å². The van der Waals surface area contributed by atoms with Crippen molar-refractivity contribution in [3.8, 4) is 6.01 Å². The van der Waals surface area contributed by atoms with Crippen molar-refractivity contribution >= 4 is 34.3 Å². The molecule has 0 spiro atoms. The zero-order valence-electron chi connectivity index (χ0n) is 24.9. The van der Waals surface area contributed by atoms with Gasteiger partial charge >= 0.3 is 12.1 Å². The number of hydrogen-bond acceptors (Lipinski definition) is 8. The Balaban J connectivity index is 1.27. The largest absolute Gasteiger partial charge is 0.462 e. The molecule has 3 aromatic rings. The normalized spacial score (nSPS) is 21.5. The van der Waals surface area contributed by atoms with Crippen molar-refractivity contribution in [1.82, 2.24) is 19.8 Å². The van der Waals surface area contributed by atoms with Gasteiger partial charge in [0.2, 0.25) is 0 Å². The van der Waals surface area contributed by atoms with E-state index in [0.717, 1.165) is 46.4 Å². The second-order valence-corrected chi connectivity index (χ2v) is 12.9. The van der Waals surface area contributed by atoms with E-state index in [1.807, 2.05) is 32.9 Å². The highest BCUT2D eigenvalue weighted by Gasteiger charge is 2.32. The molecule has 4 heterocycles. The number of rotatable bonds is 5. The van der Waals surface area contributed by atoms with Gasteiger partial charge in [-0.05, 0) is 64.2 Å². The number of anilines is 1. The number of hydrogen-bond donors (Lipinski definition) is 0. The van der Waals surface area contributed by atoms with Crippen molar-refractivity contribution in [2.45, 2.75) is 64.4 Å². The number of carbonyl (C=O) groups excluding carboxylic acids is 1. The van der Waals surface area contributed by atoms with E-state index in [-0.39, 0.29) is 12.2 Å². The van der Waals surface area contributed by atoms with Gasteiger partial charge in [0.25, 0.3) is 0 Å². The zero-order chi connectivity index (χ0) is 29.4. The number of likely N-dealkylation sites (N-methyl/N-ethyl adjacent to an activating group) is 1.